The Morgan fingerprint density at radius 3 is 2.56 bits per heavy atom. The average Bonchev–Trinajstić information content (AvgIpc) is 3.12. The van der Waals surface area contributed by atoms with Crippen LogP contribution in [0.1, 0.15) is 24.2 Å². The summed E-state index contributed by atoms with van der Waals surface area (Å²) in [4.78, 5) is 12.5. The Morgan fingerprint density at radius 2 is 1.93 bits per heavy atom. The number of halogens is 4. The number of hydrogen-bond acceptors (Lipinski definition) is 3. The lowest BCUT2D eigenvalue weighted by molar-refractivity contribution is -0.119. The van der Waals surface area contributed by atoms with E-state index in [4.69, 9.17) is 23.2 Å². The molecule has 6 nitrogen and oxygen atoms in total. The van der Waals surface area contributed by atoms with E-state index in [1.165, 1.54) is 0 Å². The molecular formula is C17H15Br2Cl2N5O. The average molecular weight is 536 g/mol. The van der Waals surface area contributed by atoms with Gasteiger partial charge in [0.05, 0.1) is 31.2 Å². The summed E-state index contributed by atoms with van der Waals surface area (Å²) >= 11 is 18.8. The summed E-state index contributed by atoms with van der Waals surface area (Å²) in [6.07, 6.45) is 3.56. The number of nitrogens with zero attached hydrogens (tertiary/aromatic N) is 4. The third-order valence-corrected chi connectivity index (χ3v) is 6.02. The second-order valence-corrected chi connectivity index (χ2v) is 8.50. The summed E-state index contributed by atoms with van der Waals surface area (Å²) < 4.78 is 4.85. The topological polar surface area (TPSA) is 64.7 Å². The van der Waals surface area contributed by atoms with Gasteiger partial charge in [-0.1, -0.05) is 29.3 Å². The molecule has 0 aliphatic heterocycles. The minimum atomic E-state index is -0.484. The molecule has 3 rings (SSSR count). The molecule has 10 heteroatoms. The SMILES string of the molecule is Cc1nn(C(C)C(=O)Nc2nn(Cc3ccc(Cl)c(Cl)c3)cc2Br)cc1Br. The molecule has 3 aromatic rings. The number of amides is 1. The van der Waals surface area contributed by atoms with Crippen LogP contribution in [-0.4, -0.2) is 25.5 Å². The lowest BCUT2D eigenvalue weighted by atomic mass is 10.2. The van der Waals surface area contributed by atoms with Gasteiger partial charge < -0.3 is 5.32 Å². The van der Waals surface area contributed by atoms with Gasteiger partial charge in [-0.3, -0.25) is 14.2 Å². The van der Waals surface area contributed by atoms with Gasteiger partial charge in [0.1, 0.15) is 6.04 Å². The maximum atomic E-state index is 12.5. The molecule has 2 heterocycles. The van der Waals surface area contributed by atoms with Crippen molar-refractivity contribution in [3.05, 3.63) is 60.8 Å². The van der Waals surface area contributed by atoms with Gasteiger partial charge in [0.2, 0.25) is 5.91 Å². The summed E-state index contributed by atoms with van der Waals surface area (Å²) in [5.41, 5.74) is 1.77. The number of hydrogen-bond donors (Lipinski definition) is 1. The second-order valence-electron chi connectivity index (χ2n) is 5.98. The summed E-state index contributed by atoms with van der Waals surface area (Å²) in [5, 5.41) is 12.6. The van der Waals surface area contributed by atoms with Crippen LogP contribution in [0.3, 0.4) is 0 Å². The van der Waals surface area contributed by atoms with Gasteiger partial charge in [0.25, 0.3) is 0 Å². The van der Waals surface area contributed by atoms with Gasteiger partial charge in [0, 0.05) is 12.4 Å². The molecule has 1 atom stereocenters. The normalized spacial score (nSPS) is 12.2. The molecule has 0 aliphatic rings. The molecule has 0 saturated heterocycles. The number of carbonyl (C=O) groups excluding carboxylic acids is 1. The van der Waals surface area contributed by atoms with E-state index in [-0.39, 0.29) is 5.91 Å². The number of anilines is 1. The molecule has 2 aromatic heterocycles. The fourth-order valence-electron chi connectivity index (χ4n) is 2.39. The zero-order valence-electron chi connectivity index (χ0n) is 14.4. The molecule has 0 bridgehead atoms. The Hall–Kier alpha value is -1.35. The predicted molar refractivity (Wildman–Crippen MR) is 113 cm³/mol. The summed E-state index contributed by atoms with van der Waals surface area (Å²) in [6.45, 7) is 4.13. The largest absolute Gasteiger partial charge is 0.306 e. The van der Waals surface area contributed by atoms with Crippen LogP contribution in [0.5, 0.6) is 0 Å². The summed E-state index contributed by atoms with van der Waals surface area (Å²) in [5.74, 6) is 0.223. The van der Waals surface area contributed by atoms with Gasteiger partial charge in [-0.25, -0.2) is 0 Å². The number of rotatable bonds is 5. The van der Waals surface area contributed by atoms with Crippen molar-refractivity contribution in [1.82, 2.24) is 19.6 Å². The lowest BCUT2D eigenvalue weighted by Crippen LogP contribution is -2.24. The smallest absolute Gasteiger partial charge is 0.250 e. The first-order valence-corrected chi connectivity index (χ1v) is 10.3. The minimum Gasteiger partial charge on any atom is -0.306 e. The van der Waals surface area contributed by atoms with Crippen LogP contribution in [0, 0.1) is 6.92 Å². The molecule has 1 aromatic carbocycles. The van der Waals surface area contributed by atoms with Crippen LogP contribution in [0.15, 0.2) is 39.5 Å². The lowest BCUT2D eigenvalue weighted by Gasteiger charge is -2.11. The van der Waals surface area contributed by atoms with E-state index in [9.17, 15) is 4.79 Å². The highest BCUT2D eigenvalue weighted by atomic mass is 79.9. The van der Waals surface area contributed by atoms with Gasteiger partial charge in [-0.2, -0.15) is 10.2 Å². The van der Waals surface area contributed by atoms with Crippen molar-refractivity contribution >= 4 is 66.8 Å². The van der Waals surface area contributed by atoms with Crippen molar-refractivity contribution in [2.24, 2.45) is 0 Å². The quantitative estimate of drug-likeness (QED) is 0.471. The molecule has 1 N–H and O–H groups in total. The maximum Gasteiger partial charge on any atom is 0.250 e. The molecule has 1 amide bonds. The molecule has 0 aliphatic carbocycles. The van der Waals surface area contributed by atoms with Crippen molar-refractivity contribution < 1.29 is 4.79 Å². The van der Waals surface area contributed by atoms with E-state index in [2.05, 4.69) is 47.4 Å². The first kappa shape index (κ1) is 20.4. The van der Waals surface area contributed by atoms with Crippen molar-refractivity contribution in [1.29, 1.82) is 0 Å². The Labute approximate surface area is 183 Å². The molecule has 142 valence electrons. The summed E-state index contributed by atoms with van der Waals surface area (Å²) in [6, 6.07) is 4.92. The van der Waals surface area contributed by atoms with Crippen molar-refractivity contribution in [2.45, 2.75) is 26.4 Å². The highest BCUT2D eigenvalue weighted by Crippen LogP contribution is 2.25. The second kappa shape index (κ2) is 8.34. The van der Waals surface area contributed by atoms with Gasteiger partial charge >= 0.3 is 0 Å². The monoisotopic (exact) mass is 533 g/mol. The number of carbonyl (C=O) groups is 1. The van der Waals surface area contributed by atoms with E-state index in [1.807, 2.05) is 13.0 Å². The van der Waals surface area contributed by atoms with Crippen molar-refractivity contribution in [3.8, 4) is 0 Å². The van der Waals surface area contributed by atoms with Gasteiger partial charge in [0.15, 0.2) is 5.82 Å². The first-order valence-electron chi connectivity index (χ1n) is 7.93. The Kier molecular flexibility index (Phi) is 6.30. The van der Waals surface area contributed by atoms with E-state index in [1.54, 1.807) is 40.8 Å². The van der Waals surface area contributed by atoms with E-state index in [0.717, 1.165) is 15.7 Å². The Bertz CT molecular complexity index is 982. The number of nitrogens with one attached hydrogen (secondary N) is 1. The van der Waals surface area contributed by atoms with Crippen molar-refractivity contribution in [3.63, 3.8) is 0 Å². The van der Waals surface area contributed by atoms with Crippen LogP contribution >= 0.6 is 55.1 Å². The van der Waals surface area contributed by atoms with Crippen LogP contribution < -0.4 is 5.32 Å². The first-order chi connectivity index (χ1) is 12.7. The van der Waals surface area contributed by atoms with E-state index >= 15 is 0 Å². The Balaban J connectivity index is 1.72. The minimum absolute atomic E-state index is 0.217. The summed E-state index contributed by atoms with van der Waals surface area (Å²) in [7, 11) is 0. The maximum absolute atomic E-state index is 12.5. The third-order valence-electron chi connectivity index (χ3n) is 3.92. The molecule has 0 fully saturated rings. The molecule has 1 unspecified atom stereocenters. The Morgan fingerprint density at radius 1 is 1.19 bits per heavy atom. The van der Waals surface area contributed by atoms with Crippen LogP contribution in [0.4, 0.5) is 5.82 Å². The highest BCUT2D eigenvalue weighted by molar-refractivity contribution is 9.10. The van der Waals surface area contributed by atoms with E-state index in [0.29, 0.717) is 26.9 Å². The number of aromatic nitrogens is 4. The number of aryl methyl sites for hydroxylation is 1. The fraction of sp³-hybridized carbons (Fsp3) is 0.235. The van der Waals surface area contributed by atoms with Crippen LogP contribution in [0.2, 0.25) is 10.0 Å². The zero-order valence-corrected chi connectivity index (χ0v) is 19.1. The standard InChI is InChI=1S/C17H15Br2Cl2N5O/c1-9-12(18)8-26(23-9)10(2)17(27)22-16-13(19)7-25(24-16)6-11-3-4-14(20)15(21)5-11/h3-5,7-8,10H,6H2,1-2H3,(H,22,24,27). The molecule has 0 radical (unpaired) electrons. The molecule has 27 heavy (non-hydrogen) atoms. The third kappa shape index (κ3) is 4.74. The fourth-order valence-corrected chi connectivity index (χ4v) is 3.41. The van der Waals surface area contributed by atoms with Crippen molar-refractivity contribution in [2.75, 3.05) is 5.32 Å². The number of benzene rings is 1. The van der Waals surface area contributed by atoms with Gasteiger partial charge in [-0.05, 0) is 63.4 Å². The highest BCUT2D eigenvalue weighted by Gasteiger charge is 2.19. The van der Waals surface area contributed by atoms with Crippen LogP contribution in [-0.2, 0) is 11.3 Å². The predicted octanol–water partition coefficient (Wildman–Crippen LogP) is 5.47. The van der Waals surface area contributed by atoms with Gasteiger partial charge in [-0.15, -0.1) is 0 Å². The van der Waals surface area contributed by atoms with Crippen LogP contribution in [0.25, 0.3) is 0 Å². The zero-order chi connectivity index (χ0) is 19.7. The van der Waals surface area contributed by atoms with E-state index < -0.39 is 6.04 Å². The molecule has 0 spiro atoms. The molecule has 0 saturated carbocycles. The molecular weight excluding hydrogens is 521 g/mol.